The molecule has 0 aliphatic carbocycles. The number of carbonyl (C=O) groups is 1. The SMILES string of the molecule is COC(=O)/C=C/CC(OCc1ccc(OC)cc1)C(O)CO. The first-order chi connectivity index (χ1) is 10.6. The van der Waals surface area contributed by atoms with Gasteiger partial charge in [0.2, 0.25) is 0 Å². The van der Waals surface area contributed by atoms with Crippen molar-refractivity contribution in [2.45, 2.75) is 25.2 Å². The molecule has 0 heterocycles. The molecule has 0 saturated heterocycles. The highest BCUT2D eigenvalue weighted by Crippen LogP contribution is 2.14. The number of carbonyl (C=O) groups excluding carboxylic acids is 1. The molecule has 0 aliphatic rings. The van der Waals surface area contributed by atoms with Crippen LogP contribution in [-0.2, 0) is 20.9 Å². The highest BCUT2D eigenvalue weighted by molar-refractivity contribution is 5.81. The van der Waals surface area contributed by atoms with Crippen LogP contribution in [0.4, 0.5) is 0 Å². The number of ether oxygens (including phenoxy) is 3. The second-order valence-electron chi connectivity index (χ2n) is 4.61. The summed E-state index contributed by atoms with van der Waals surface area (Å²) in [7, 11) is 2.87. The number of hydrogen-bond acceptors (Lipinski definition) is 6. The van der Waals surface area contributed by atoms with E-state index in [1.807, 2.05) is 24.3 Å². The van der Waals surface area contributed by atoms with E-state index in [1.165, 1.54) is 13.2 Å². The average Bonchev–Trinajstić information content (AvgIpc) is 2.57. The van der Waals surface area contributed by atoms with Crippen LogP contribution in [0.2, 0.25) is 0 Å². The van der Waals surface area contributed by atoms with Gasteiger partial charge >= 0.3 is 5.97 Å². The first-order valence-corrected chi connectivity index (χ1v) is 6.88. The topological polar surface area (TPSA) is 85.2 Å². The molecular formula is C16H22O6. The van der Waals surface area contributed by atoms with E-state index < -0.39 is 24.8 Å². The molecule has 0 radical (unpaired) electrons. The van der Waals surface area contributed by atoms with Gasteiger partial charge in [-0.2, -0.15) is 0 Å². The van der Waals surface area contributed by atoms with Gasteiger partial charge < -0.3 is 24.4 Å². The summed E-state index contributed by atoms with van der Waals surface area (Å²) in [5.74, 6) is 0.268. The molecule has 6 nitrogen and oxygen atoms in total. The molecule has 0 spiro atoms. The maximum atomic E-state index is 11.0. The maximum Gasteiger partial charge on any atom is 0.330 e. The van der Waals surface area contributed by atoms with Gasteiger partial charge in [0.05, 0.1) is 33.5 Å². The lowest BCUT2D eigenvalue weighted by Gasteiger charge is -2.20. The molecule has 0 amide bonds. The number of benzene rings is 1. The second-order valence-corrected chi connectivity index (χ2v) is 4.61. The van der Waals surface area contributed by atoms with Crippen molar-refractivity contribution in [3.63, 3.8) is 0 Å². The van der Waals surface area contributed by atoms with Crippen LogP contribution in [0.5, 0.6) is 5.75 Å². The predicted molar refractivity (Wildman–Crippen MR) is 80.4 cm³/mol. The Morgan fingerprint density at radius 1 is 1.27 bits per heavy atom. The third-order valence-corrected chi connectivity index (χ3v) is 3.06. The Morgan fingerprint density at radius 2 is 1.95 bits per heavy atom. The fourth-order valence-electron chi connectivity index (χ4n) is 1.75. The van der Waals surface area contributed by atoms with Crippen LogP contribution in [0.3, 0.4) is 0 Å². The fraction of sp³-hybridized carbons (Fsp3) is 0.438. The average molecular weight is 310 g/mol. The molecule has 6 heteroatoms. The molecule has 0 aliphatic heterocycles. The van der Waals surface area contributed by atoms with Crippen molar-refractivity contribution in [3.8, 4) is 5.75 Å². The number of methoxy groups -OCH3 is 2. The van der Waals surface area contributed by atoms with Crippen molar-refractivity contribution in [1.29, 1.82) is 0 Å². The Labute approximate surface area is 129 Å². The molecule has 0 fully saturated rings. The zero-order chi connectivity index (χ0) is 16.4. The van der Waals surface area contributed by atoms with E-state index in [0.29, 0.717) is 0 Å². The number of rotatable bonds is 9. The smallest absolute Gasteiger partial charge is 0.330 e. The van der Waals surface area contributed by atoms with Gasteiger partial charge in [-0.25, -0.2) is 4.79 Å². The molecular weight excluding hydrogens is 288 g/mol. The Balaban J connectivity index is 2.56. The molecule has 1 rings (SSSR count). The minimum Gasteiger partial charge on any atom is -0.497 e. The lowest BCUT2D eigenvalue weighted by atomic mass is 10.1. The van der Waals surface area contributed by atoms with Crippen LogP contribution in [0.15, 0.2) is 36.4 Å². The lowest BCUT2D eigenvalue weighted by molar-refractivity contribution is -0.134. The third kappa shape index (κ3) is 6.26. The van der Waals surface area contributed by atoms with Gasteiger partial charge in [0.25, 0.3) is 0 Å². The first-order valence-electron chi connectivity index (χ1n) is 6.88. The molecule has 1 aromatic rings. The molecule has 122 valence electrons. The summed E-state index contributed by atoms with van der Waals surface area (Å²) in [5.41, 5.74) is 0.910. The van der Waals surface area contributed by atoms with Crippen LogP contribution in [0, 0.1) is 0 Å². The highest BCUT2D eigenvalue weighted by atomic mass is 16.5. The standard InChI is InChI=1S/C16H22O6/c1-20-13-8-6-12(7-9-13)11-22-15(14(18)10-17)4-3-5-16(19)21-2/h3,5-9,14-15,17-18H,4,10-11H2,1-2H3/b5-3+. The molecule has 2 N–H and O–H groups in total. The summed E-state index contributed by atoms with van der Waals surface area (Å²) in [5, 5.41) is 18.8. The zero-order valence-electron chi connectivity index (χ0n) is 12.8. The van der Waals surface area contributed by atoms with Gasteiger partial charge in [-0.15, -0.1) is 0 Å². The Kier molecular flexibility index (Phi) is 8.21. The minimum absolute atomic E-state index is 0.276. The van der Waals surface area contributed by atoms with E-state index in [1.54, 1.807) is 13.2 Å². The van der Waals surface area contributed by atoms with E-state index in [-0.39, 0.29) is 13.0 Å². The quantitative estimate of drug-likeness (QED) is 0.524. The molecule has 0 bridgehead atoms. The van der Waals surface area contributed by atoms with Crippen molar-refractivity contribution in [2.24, 2.45) is 0 Å². The summed E-state index contributed by atoms with van der Waals surface area (Å²) < 4.78 is 15.2. The fourth-order valence-corrected chi connectivity index (χ4v) is 1.75. The third-order valence-electron chi connectivity index (χ3n) is 3.06. The second kappa shape index (κ2) is 9.94. The summed E-state index contributed by atoms with van der Waals surface area (Å²) in [6.07, 6.45) is 1.44. The normalized spacial score (nSPS) is 13.8. The van der Waals surface area contributed by atoms with E-state index >= 15 is 0 Å². The van der Waals surface area contributed by atoms with Crippen molar-refractivity contribution in [3.05, 3.63) is 42.0 Å². The predicted octanol–water partition coefficient (Wildman–Crippen LogP) is 1.05. The van der Waals surface area contributed by atoms with Crippen molar-refractivity contribution in [1.82, 2.24) is 0 Å². The van der Waals surface area contributed by atoms with Crippen LogP contribution in [0.25, 0.3) is 0 Å². The summed E-state index contributed by atoms with van der Waals surface area (Å²) in [4.78, 5) is 11.0. The largest absolute Gasteiger partial charge is 0.497 e. The number of esters is 1. The van der Waals surface area contributed by atoms with E-state index in [4.69, 9.17) is 14.6 Å². The van der Waals surface area contributed by atoms with Crippen LogP contribution >= 0.6 is 0 Å². The van der Waals surface area contributed by atoms with Gasteiger partial charge in [-0.1, -0.05) is 18.2 Å². The Hall–Kier alpha value is -1.89. The summed E-state index contributed by atoms with van der Waals surface area (Å²) in [6.45, 7) is -0.142. The van der Waals surface area contributed by atoms with Crippen molar-refractivity contribution >= 4 is 5.97 Å². The zero-order valence-corrected chi connectivity index (χ0v) is 12.8. The van der Waals surface area contributed by atoms with E-state index in [2.05, 4.69) is 4.74 Å². The molecule has 1 aromatic carbocycles. The van der Waals surface area contributed by atoms with E-state index in [9.17, 15) is 9.90 Å². The molecule has 22 heavy (non-hydrogen) atoms. The monoisotopic (exact) mass is 310 g/mol. The Morgan fingerprint density at radius 3 is 2.50 bits per heavy atom. The van der Waals surface area contributed by atoms with Gasteiger partial charge in [-0.3, -0.25) is 0 Å². The van der Waals surface area contributed by atoms with Gasteiger partial charge in [0, 0.05) is 6.08 Å². The van der Waals surface area contributed by atoms with Gasteiger partial charge in [0.1, 0.15) is 11.9 Å². The van der Waals surface area contributed by atoms with Crippen LogP contribution < -0.4 is 4.74 Å². The van der Waals surface area contributed by atoms with Crippen molar-refractivity contribution in [2.75, 3.05) is 20.8 Å². The minimum atomic E-state index is -1.03. The van der Waals surface area contributed by atoms with Crippen molar-refractivity contribution < 1.29 is 29.2 Å². The maximum absolute atomic E-state index is 11.0. The first kappa shape index (κ1) is 18.2. The molecule has 0 aromatic heterocycles. The summed E-state index contributed by atoms with van der Waals surface area (Å²) >= 11 is 0. The van der Waals surface area contributed by atoms with Gasteiger partial charge in [-0.05, 0) is 24.1 Å². The Bertz CT molecular complexity index is 468. The van der Waals surface area contributed by atoms with Crippen LogP contribution in [-0.4, -0.2) is 49.2 Å². The molecule has 0 saturated carbocycles. The van der Waals surface area contributed by atoms with Crippen LogP contribution in [0.1, 0.15) is 12.0 Å². The number of aliphatic hydroxyl groups is 2. The lowest BCUT2D eigenvalue weighted by Crippen LogP contribution is -2.31. The number of aliphatic hydroxyl groups excluding tert-OH is 2. The molecule has 2 unspecified atom stereocenters. The highest BCUT2D eigenvalue weighted by Gasteiger charge is 2.18. The summed E-state index contributed by atoms with van der Waals surface area (Å²) in [6, 6.07) is 7.33. The molecule has 2 atom stereocenters. The van der Waals surface area contributed by atoms with Gasteiger partial charge in [0.15, 0.2) is 0 Å². The van der Waals surface area contributed by atoms with E-state index in [0.717, 1.165) is 11.3 Å². The number of hydrogen-bond donors (Lipinski definition) is 2.